The predicted molar refractivity (Wildman–Crippen MR) is 106 cm³/mol. The minimum Gasteiger partial charge on any atom is -0.378 e. The van der Waals surface area contributed by atoms with E-state index < -0.39 is 0 Å². The molecule has 2 fully saturated rings. The van der Waals surface area contributed by atoms with Crippen LogP contribution in [-0.4, -0.2) is 97.1 Å². The number of ether oxygens (including phenoxy) is 1. The van der Waals surface area contributed by atoms with Crippen molar-refractivity contribution >= 4 is 28.5 Å². The Morgan fingerprint density at radius 1 is 1.19 bits per heavy atom. The molecule has 1 amide bonds. The number of nitrogens with one attached hydrogen (secondary N) is 1. The number of rotatable bonds is 5. The van der Waals surface area contributed by atoms with Gasteiger partial charge in [-0.3, -0.25) is 9.79 Å². The molecule has 9 nitrogen and oxygen atoms in total. The molecule has 0 radical (unpaired) electrons. The van der Waals surface area contributed by atoms with Crippen LogP contribution in [0.4, 0.5) is 5.13 Å². The number of amides is 1. The first kappa shape index (κ1) is 19.8. The molecule has 0 atom stereocenters. The Kier molecular flexibility index (Phi) is 7.22. The van der Waals surface area contributed by atoms with E-state index in [4.69, 9.17) is 4.74 Å². The third-order valence-corrected chi connectivity index (χ3v) is 5.64. The average molecular weight is 396 g/mol. The van der Waals surface area contributed by atoms with Gasteiger partial charge in [0.1, 0.15) is 5.82 Å². The summed E-state index contributed by atoms with van der Waals surface area (Å²) < 4.78 is 9.66. The molecular weight excluding hydrogens is 366 g/mol. The molecule has 3 rings (SSSR count). The Balaban J connectivity index is 1.41. The van der Waals surface area contributed by atoms with Crippen LogP contribution in [0.5, 0.6) is 0 Å². The van der Waals surface area contributed by atoms with Gasteiger partial charge >= 0.3 is 0 Å². The zero-order chi connectivity index (χ0) is 19.1. The number of morpholine rings is 1. The van der Waals surface area contributed by atoms with Crippen LogP contribution >= 0.6 is 11.5 Å². The van der Waals surface area contributed by atoms with Crippen LogP contribution in [0.1, 0.15) is 19.2 Å². The summed E-state index contributed by atoms with van der Waals surface area (Å²) in [7, 11) is 1.79. The van der Waals surface area contributed by atoms with Gasteiger partial charge in [-0.05, 0) is 0 Å². The van der Waals surface area contributed by atoms with Crippen molar-refractivity contribution < 1.29 is 9.53 Å². The van der Waals surface area contributed by atoms with Crippen LogP contribution in [0.3, 0.4) is 0 Å². The minimum absolute atomic E-state index is 0.175. The number of hydrogen-bond acceptors (Lipinski definition) is 7. The van der Waals surface area contributed by atoms with Gasteiger partial charge in [0.15, 0.2) is 5.96 Å². The van der Waals surface area contributed by atoms with Gasteiger partial charge in [0.25, 0.3) is 0 Å². The van der Waals surface area contributed by atoms with Crippen LogP contribution < -0.4 is 10.2 Å². The number of carbonyl (C=O) groups is 1. The van der Waals surface area contributed by atoms with Crippen molar-refractivity contribution in [2.75, 3.05) is 71.0 Å². The highest BCUT2D eigenvalue weighted by Crippen LogP contribution is 2.19. The van der Waals surface area contributed by atoms with Crippen molar-refractivity contribution in [3.63, 3.8) is 0 Å². The van der Waals surface area contributed by atoms with E-state index in [9.17, 15) is 4.79 Å². The number of aryl methyl sites for hydroxylation is 1. The zero-order valence-electron chi connectivity index (χ0n) is 16.2. The molecule has 150 valence electrons. The summed E-state index contributed by atoms with van der Waals surface area (Å²) in [5.41, 5.74) is 0. The fourth-order valence-electron chi connectivity index (χ4n) is 3.21. The first-order valence-electron chi connectivity index (χ1n) is 9.60. The molecule has 0 saturated carbocycles. The van der Waals surface area contributed by atoms with Gasteiger partial charge in [-0.15, -0.1) is 0 Å². The van der Waals surface area contributed by atoms with E-state index >= 15 is 0 Å². The molecular formula is C17H29N7O2S. The third-order valence-electron chi connectivity index (χ3n) is 4.82. The van der Waals surface area contributed by atoms with Gasteiger partial charge in [-0.2, -0.15) is 4.37 Å². The number of carbonyl (C=O) groups excluding carboxylic acids is 1. The lowest BCUT2D eigenvalue weighted by Crippen LogP contribution is -2.53. The van der Waals surface area contributed by atoms with E-state index in [1.54, 1.807) is 7.05 Å². The molecule has 0 aromatic carbocycles. The molecule has 0 unspecified atom stereocenters. The number of nitrogens with zero attached hydrogens (tertiary/aromatic N) is 6. The Bertz CT molecular complexity index is 637. The molecule has 27 heavy (non-hydrogen) atoms. The number of anilines is 1. The maximum absolute atomic E-state index is 12.2. The summed E-state index contributed by atoms with van der Waals surface area (Å²) in [5.74, 6) is 1.95. The van der Waals surface area contributed by atoms with Crippen molar-refractivity contribution in [2.24, 2.45) is 4.99 Å². The van der Waals surface area contributed by atoms with Crippen molar-refractivity contribution in [1.29, 1.82) is 0 Å². The second kappa shape index (κ2) is 9.84. The van der Waals surface area contributed by atoms with Crippen molar-refractivity contribution in [3.05, 3.63) is 5.82 Å². The SMILES string of the molecule is CCc1nsc(N2CCN(C(=NC)NCCC(=O)N3CCOCC3)CC2)n1. The van der Waals surface area contributed by atoms with Gasteiger partial charge < -0.3 is 24.8 Å². The number of aromatic nitrogens is 2. The van der Waals surface area contributed by atoms with Crippen molar-refractivity contribution in [1.82, 2.24) is 24.5 Å². The Morgan fingerprint density at radius 2 is 1.93 bits per heavy atom. The molecule has 1 N–H and O–H groups in total. The molecule has 2 saturated heterocycles. The third kappa shape index (κ3) is 5.29. The first-order chi connectivity index (χ1) is 13.2. The summed E-state index contributed by atoms with van der Waals surface area (Å²) in [5, 5.41) is 4.34. The van der Waals surface area contributed by atoms with Gasteiger partial charge in [0.2, 0.25) is 11.0 Å². The Morgan fingerprint density at radius 3 is 2.56 bits per heavy atom. The van der Waals surface area contributed by atoms with Gasteiger partial charge in [-0.25, -0.2) is 4.98 Å². The molecule has 1 aromatic heterocycles. The smallest absolute Gasteiger partial charge is 0.224 e. The number of piperazine rings is 1. The quantitative estimate of drug-likeness (QED) is 0.557. The van der Waals surface area contributed by atoms with Gasteiger partial charge in [0, 0.05) is 77.2 Å². The van der Waals surface area contributed by atoms with Crippen LogP contribution in [0.25, 0.3) is 0 Å². The van der Waals surface area contributed by atoms with Crippen molar-refractivity contribution in [2.45, 2.75) is 19.8 Å². The van der Waals surface area contributed by atoms with Crippen LogP contribution in [0, 0.1) is 0 Å². The molecule has 0 bridgehead atoms. The fourth-order valence-corrected chi connectivity index (χ4v) is 4.01. The predicted octanol–water partition coefficient (Wildman–Crippen LogP) is 0.0468. The molecule has 2 aliphatic heterocycles. The summed E-state index contributed by atoms with van der Waals surface area (Å²) >= 11 is 1.48. The minimum atomic E-state index is 0.175. The Hall–Kier alpha value is -1.94. The lowest BCUT2D eigenvalue weighted by molar-refractivity contribution is -0.135. The Labute approximate surface area is 164 Å². The van der Waals surface area contributed by atoms with E-state index in [-0.39, 0.29) is 5.91 Å². The van der Waals surface area contributed by atoms with Crippen LogP contribution in [0.15, 0.2) is 4.99 Å². The molecule has 10 heteroatoms. The molecule has 0 aliphatic carbocycles. The van der Waals surface area contributed by atoms with E-state index in [0.29, 0.717) is 39.3 Å². The number of hydrogen-bond donors (Lipinski definition) is 1. The van der Waals surface area contributed by atoms with E-state index in [1.807, 2.05) is 4.90 Å². The fraction of sp³-hybridized carbons (Fsp3) is 0.765. The normalized spacial score (nSPS) is 18.7. The zero-order valence-corrected chi connectivity index (χ0v) is 17.0. The van der Waals surface area contributed by atoms with E-state index in [2.05, 4.69) is 36.4 Å². The second-order valence-corrected chi connectivity index (χ2v) is 7.27. The molecule has 3 heterocycles. The van der Waals surface area contributed by atoms with Crippen molar-refractivity contribution in [3.8, 4) is 0 Å². The highest BCUT2D eigenvalue weighted by molar-refractivity contribution is 7.09. The average Bonchev–Trinajstić information content (AvgIpc) is 3.21. The summed E-state index contributed by atoms with van der Waals surface area (Å²) in [4.78, 5) is 27.6. The lowest BCUT2D eigenvalue weighted by atomic mass is 10.3. The molecule has 0 spiro atoms. The number of guanidine groups is 1. The molecule has 2 aliphatic rings. The van der Waals surface area contributed by atoms with E-state index in [1.165, 1.54) is 11.5 Å². The lowest BCUT2D eigenvalue weighted by Gasteiger charge is -2.36. The second-order valence-electron chi connectivity index (χ2n) is 6.54. The van der Waals surface area contributed by atoms with E-state index in [0.717, 1.165) is 49.5 Å². The monoisotopic (exact) mass is 395 g/mol. The summed E-state index contributed by atoms with van der Waals surface area (Å²) in [6.07, 6.45) is 1.35. The topological polar surface area (TPSA) is 86.2 Å². The highest BCUT2D eigenvalue weighted by Gasteiger charge is 2.22. The number of aliphatic imine (C=N–C) groups is 1. The van der Waals surface area contributed by atoms with Crippen LogP contribution in [0.2, 0.25) is 0 Å². The van der Waals surface area contributed by atoms with Crippen LogP contribution in [-0.2, 0) is 16.0 Å². The highest BCUT2D eigenvalue weighted by atomic mass is 32.1. The first-order valence-corrected chi connectivity index (χ1v) is 10.4. The largest absolute Gasteiger partial charge is 0.378 e. The standard InChI is InChI=1S/C17H29N7O2S/c1-3-14-20-17(27-21-14)24-8-6-23(7-9-24)16(18-2)19-5-4-15(25)22-10-12-26-13-11-22/h3-13H2,1-2H3,(H,18,19). The maximum atomic E-state index is 12.2. The maximum Gasteiger partial charge on any atom is 0.224 e. The van der Waals surface area contributed by atoms with Gasteiger partial charge in [-0.1, -0.05) is 6.92 Å². The summed E-state index contributed by atoms with van der Waals surface area (Å²) in [6.45, 7) is 8.87. The van der Waals surface area contributed by atoms with Gasteiger partial charge in [0.05, 0.1) is 13.2 Å². The summed E-state index contributed by atoms with van der Waals surface area (Å²) in [6, 6.07) is 0. The molecule has 1 aromatic rings.